The molecule has 0 heterocycles. The van der Waals surface area contributed by atoms with Gasteiger partial charge in [0.25, 0.3) is 5.91 Å². The van der Waals surface area contributed by atoms with Gasteiger partial charge in [0.05, 0.1) is 5.69 Å². The molecule has 5 heteroatoms. The lowest BCUT2D eigenvalue weighted by Gasteiger charge is -2.21. The van der Waals surface area contributed by atoms with Gasteiger partial charge in [0.2, 0.25) is 0 Å². The first-order valence-corrected chi connectivity index (χ1v) is 7.29. The van der Waals surface area contributed by atoms with E-state index < -0.39 is 0 Å². The van der Waals surface area contributed by atoms with Gasteiger partial charge in [-0.3, -0.25) is 15.0 Å². The van der Waals surface area contributed by atoms with Gasteiger partial charge in [0, 0.05) is 20.0 Å². The van der Waals surface area contributed by atoms with Crippen LogP contribution in [0.3, 0.4) is 0 Å². The summed E-state index contributed by atoms with van der Waals surface area (Å²) in [6.07, 6.45) is 1.70. The molecule has 1 amide bonds. The van der Waals surface area contributed by atoms with Crippen LogP contribution in [0.15, 0.2) is 35.4 Å². The van der Waals surface area contributed by atoms with Gasteiger partial charge in [-0.1, -0.05) is 32.0 Å². The third kappa shape index (κ3) is 5.38. The molecule has 0 saturated carbocycles. The molecule has 0 saturated heterocycles. The highest BCUT2D eigenvalue weighted by Crippen LogP contribution is 2.06. The first-order chi connectivity index (χ1) is 10.1. The van der Waals surface area contributed by atoms with Crippen molar-refractivity contribution >= 4 is 23.1 Å². The van der Waals surface area contributed by atoms with Crippen molar-refractivity contribution in [2.75, 3.05) is 18.5 Å². The fourth-order valence-electron chi connectivity index (χ4n) is 1.91. The summed E-state index contributed by atoms with van der Waals surface area (Å²) in [5, 5.41) is 4.00. The van der Waals surface area contributed by atoms with Gasteiger partial charge in [-0.15, -0.1) is 0 Å². The van der Waals surface area contributed by atoms with Crippen LogP contribution >= 0.6 is 0 Å². The predicted octanol–water partition coefficient (Wildman–Crippen LogP) is 2.69. The number of amides is 1. The summed E-state index contributed by atoms with van der Waals surface area (Å²) >= 11 is 0. The number of ketones is 1. The Kier molecular flexibility index (Phi) is 7.15. The zero-order valence-electron chi connectivity index (χ0n) is 12.9. The molecule has 1 aromatic rings. The Balaban J connectivity index is 2.89. The first kappa shape index (κ1) is 16.9. The van der Waals surface area contributed by atoms with Crippen LogP contribution in [0.2, 0.25) is 0 Å². The normalized spacial score (nSPS) is 11.1. The maximum Gasteiger partial charge on any atom is 0.277 e. The van der Waals surface area contributed by atoms with Gasteiger partial charge in [-0.2, -0.15) is 5.10 Å². The van der Waals surface area contributed by atoms with Crippen molar-refractivity contribution < 1.29 is 9.59 Å². The molecule has 0 radical (unpaired) electrons. The van der Waals surface area contributed by atoms with Crippen LogP contribution in [0.25, 0.3) is 0 Å². The average molecular weight is 289 g/mol. The lowest BCUT2D eigenvalue weighted by molar-refractivity contribution is -0.125. The van der Waals surface area contributed by atoms with Crippen LogP contribution in [0.1, 0.15) is 33.6 Å². The summed E-state index contributed by atoms with van der Waals surface area (Å²) in [4.78, 5) is 25.8. The fraction of sp³-hybridized carbons (Fsp3) is 0.438. The van der Waals surface area contributed by atoms with E-state index in [0.717, 1.165) is 18.5 Å². The van der Waals surface area contributed by atoms with Gasteiger partial charge in [0.1, 0.15) is 0 Å². The quantitative estimate of drug-likeness (QED) is 0.455. The molecule has 21 heavy (non-hydrogen) atoms. The van der Waals surface area contributed by atoms with Crippen molar-refractivity contribution in [3.63, 3.8) is 0 Å². The Hall–Kier alpha value is -2.17. The minimum Gasteiger partial charge on any atom is -0.337 e. The highest BCUT2D eigenvalue weighted by atomic mass is 16.2. The van der Waals surface area contributed by atoms with Gasteiger partial charge < -0.3 is 4.90 Å². The monoisotopic (exact) mass is 289 g/mol. The Morgan fingerprint density at radius 2 is 1.67 bits per heavy atom. The van der Waals surface area contributed by atoms with Crippen molar-refractivity contribution in [1.82, 2.24) is 4.90 Å². The van der Waals surface area contributed by atoms with Gasteiger partial charge >= 0.3 is 0 Å². The van der Waals surface area contributed by atoms with Crippen LogP contribution in [0.5, 0.6) is 0 Å². The van der Waals surface area contributed by atoms with Gasteiger partial charge in [0.15, 0.2) is 11.5 Å². The summed E-state index contributed by atoms with van der Waals surface area (Å²) < 4.78 is 0. The third-order valence-corrected chi connectivity index (χ3v) is 2.88. The van der Waals surface area contributed by atoms with E-state index >= 15 is 0 Å². The molecule has 0 aliphatic rings. The topological polar surface area (TPSA) is 61.8 Å². The van der Waals surface area contributed by atoms with E-state index in [1.165, 1.54) is 6.92 Å². The molecule has 0 fully saturated rings. The Bertz CT molecular complexity index is 492. The van der Waals surface area contributed by atoms with E-state index in [2.05, 4.69) is 10.5 Å². The highest BCUT2D eigenvalue weighted by Gasteiger charge is 2.22. The molecule has 1 N–H and O–H groups in total. The van der Waals surface area contributed by atoms with E-state index in [-0.39, 0.29) is 17.4 Å². The summed E-state index contributed by atoms with van der Waals surface area (Å²) in [5.74, 6) is -0.643. The zero-order valence-corrected chi connectivity index (χ0v) is 12.9. The summed E-state index contributed by atoms with van der Waals surface area (Å²) in [6, 6.07) is 9.24. The number of rotatable bonds is 8. The molecule has 0 aliphatic heterocycles. The molecule has 0 aromatic heterocycles. The van der Waals surface area contributed by atoms with Crippen LogP contribution in [0, 0.1) is 0 Å². The number of hydrazone groups is 1. The summed E-state index contributed by atoms with van der Waals surface area (Å²) in [7, 11) is 0. The molecule has 0 unspecified atom stereocenters. The lowest BCUT2D eigenvalue weighted by Crippen LogP contribution is -2.40. The van der Waals surface area contributed by atoms with E-state index in [9.17, 15) is 9.59 Å². The van der Waals surface area contributed by atoms with Crippen molar-refractivity contribution in [2.24, 2.45) is 5.10 Å². The smallest absolute Gasteiger partial charge is 0.277 e. The van der Waals surface area contributed by atoms with Crippen LogP contribution < -0.4 is 5.43 Å². The molecule has 0 atom stereocenters. The number of anilines is 1. The van der Waals surface area contributed by atoms with Crippen LogP contribution in [0.4, 0.5) is 5.69 Å². The molecular formula is C16H23N3O2. The largest absolute Gasteiger partial charge is 0.337 e. The van der Waals surface area contributed by atoms with Crippen LogP contribution in [-0.4, -0.2) is 35.4 Å². The minimum atomic E-state index is -0.333. The van der Waals surface area contributed by atoms with Crippen molar-refractivity contribution in [2.45, 2.75) is 33.6 Å². The first-order valence-electron chi connectivity index (χ1n) is 7.29. The predicted molar refractivity (Wildman–Crippen MR) is 85.3 cm³/mol. The molecule has 0 bridgehead atoms. The van der Waals surface area contributed by atoms with E-state index in [1.54, 1.807) is 4.90 Å². The van der Waals surface area contributed by atoms with Gasteiger partial charge in [-0.25, -0.2) is 0 Å². The van der Waals surface area contributed by atoms with E-state index in [1.807, 2.05) is 44.2 Å². The second kappa shape index (κ2) is 8.89. The fourth-order valence-corrected chi connectivity index (χ4v) is 1.91. The third-order valence-electron chi connectivity index (χ3n) is 2.88. The SMILES string of the molecule is CCCN(CCC)C(=O)/C(=N\Nc1ccccc1)C(C)=O. The number of carbonyl (C=O) groups excluding carboxylic acids is 2. The molecule has 114 valence electrons. The summed E-state index contributed by atoms with van der Waals surface area (Å²) in [5.41, 5.74) is 3.45. The van der Waals surface area contributed by atoms with E-state index in [0.29, 0.717) is 13.1 Å². The standard InChI is InChI=1S/C16H23N3O2/c1-4-11-19(12-5-2)16(21)15(13(3)20)18-17-14-9-7-6-8-10-14/h6-10,17H,4-5,11-12H2,1-3H3/b18-15-. The lowest BCUT2D eigenvalue weighted by atomic mass is 10.2. The number of nitrogens with one attached hydrogen (secondary N) is 1. The van der Waals surface area contributed by atoms with Crippen molar-refractivity contribution in [3.8, 4) is 0 Å². The number of benzene rings is 1. The average Bonchev–Trinajstić information content (AvgIpc) is 2.47. The molecule has 0 aliphatic carbocycles. The van der Waals surface area contributed by atoms with Crippen molar-refractivity contribution in [3.05, 3.63) is 30.3 Å². The second-order valence-corrected chi connectivity index (χ2v) is 4.79. The molecule has 0 spiro atoms. The Morgan fingerprint density at radius 1 is 1.10 bits per heavy atom. The number of hydrogen-bond donors (Lipinski definition) is 1. The number of Topliss-reactive ketones (excluding diaryl/α,β-unsaturated/α-hetero) is 1. The Labute approximate surface area is 126 Å². The Morgan fingerprint density at radius 3 is 2.14 bits per heavy atom. The number of hydrogen-bond acceptors (Lipinski definition) is 4. The van der Waals surface area contributed by atoms with Crippen molar-refractivity contribution in [1.29, 1.82) is 0 Å². The maximum absolute atomic E-state index is 12.4. The number of carbonyl (C=O) groups is 2. The van der Waals surface area contributed by atoms with Crippen LogP contribution in [-0.2, 0) is 9.59 Å². The molecule has 1 rings (SSSR count). The van der Waals surface area contributed by atoms with Gasteiger partial charge in [-0.05, 0) is 25.0 Å². The molecule has 5 nitrogen and oxygen atoms in total. The maximum atomic E-state index is 12.4. The highest BCUT2D eigenvalue weighted by molar-refractivity contribution is 6.65. The van der Waals surface area contributed by atoms with E-state index in [4.69, 9.17) is 0 Å². The number of nitrogens with zero attached hydrogens (tertiary/aromatic N) is 2. The second-order valence-electron chi connectivity index (χ2n) is 4.79. The summed E-state index contributed by atoms with van der Waals surface area (Å²) in [6.45, 7) is 6.62. The molecular weight excluding hydrogens is 266 g/mol. The molecule has 1 aromatic carbocycles. The number of para-hydroxylation sites is 1. The zero-order chi connectivity index (χ0) is 15.7. The minimum absolute atomic E-state index is 0.0549.